The van der Waals surface area contributed by atoms with Crippen molar-refractivity contribution in [3.8, 4) is 0 Å². The summed E-state index contributed by atoms with van der Waals surface area (Å²) < 4.78 is 0. The fourth-order valence-corrected chi connectivity index (χ4v) is 3.54. The Kier molecular flexibility index (Phi) is 6.85. The molecule has 1 saturated carbocycles. The van der Waals surface area contributed by atoms with Crippen molar-refractivity contribution in [3.63, 3.8) is 0 Å². The molecule has 0 aromatic heterocycles. The molecular weight excluding hydrogens is 300 g/mol. The van der Waals surface area contributed by atoms with Crippen LogP contribution in [0, 0.1) is 11.3 Å². The number of hydrogen-bond acceptors (Lipinski definition) is 3. The van der Waals surface area contributed by atoms with E-state index in [2.05, 4.69) is 27.7 Å². The molecule has 1 aromatic rings. The quantitative estimate of drug-likeness (QED) is 0.493. The normalized spacial score (nSPS) is 21.5. The summed E-state index contributed by atoms with van der Waals surface area (Å²) in [7, 11) is 0. The first-order chi connectivity index (χ1) is 11.4. The zero-order chi connectivity index (χ0) is 17.6. The fourth-order valence-electron chi connectivity index (χ4n) is 3.54. The molecule has 24 heavy (non-hydrogen) atoms. The molecule has 3 heteroatoms. The van der Waals surface area contributed by atoms with Crippen LogP contribution < -0.4 is 0 Å². The maximum atomic E-state index is 12.2. The van der Waals surface area contributed by atoms with Crippen LogP contribution in [0.15, 0.2) is 24.3 Å². The predicted octanol–water partition coefficient (Wildman–Crippen LogP) is 5.72. The number of carbonyl (C=O) groups is 1. The second-order valence-corrected chi connectivity index (χ2v) is 8.06. The Labute approximate surface area is 146 Å². The van der Waals surface area contributed by atoms with Crippen LogP contribution in [-0.4, -0.2) is 12.1 Å². The first-order valence-corrected chi connectivity index (χ1v) is 9.38. The predicted molar refractivity (Wildman–Crippen MR) is 96.8 cm³/mol. The van der Waals surface area contributed by atoms with Crippen LogP contribution in [-0.2, 0) is 16.2 Å². The molecule has 1 aliphatic rings. The van der Waals surface area contributed by atoms with Crippen LogP contribution >= 0.6 is 0 Å². The second-order valence-electron chi connectivity index (χ2n) is 8.06. The van der Waals surface area contributed by atoms with Crippen molar-refractivity contribution in [3.05, 3.63) is 35.4 Å². The summed E-state index contributed by atoms with van der Waals surface area (Å²) in [6.45, 7) is 8.88. The van der Waals surface area contributed by atoms with Gasteiger partial charge in [-0.15, -0.1) is 0 Å². The van der Waals surface area contributed by atoms with Gasteiger partial charge in [-0.05, 0) is 54.7 Å². The average molecular weight is 332 g/mol. The molecule has 0 spiro atoms. The largest absolute Gasteiger partial charge is 0.373 e. The first-order valence-electron chi connectivity index (χ1n) is 9.38. The molecule has 2 rings (SSSR count). The van der Waals surface area contributed by atoms with Crippen LogP contribution in [0.1, 0.15) is 82.1 Å². The minimum atomic E-state index is -0.393. The van der Waals surface area contributed by atoms with E-state index in [0.717, 1.165) is 25.7 Å². The number of rotatable bonds is 6. The Bertz CT molecular complexity index is 513. The van der Waals surface area contributed by atoms with Crippen molar-refractivity contribution >= 4 is 5.97 Å². The highest BCUT2D eigenvalue weighted by molar-refractivity contribution is 5.88. The van der Waals surface area contributed by atoms with Gasteiger partial charge in [-0.2, -0.15) is 4.89 Å². The summed E-state index contributed by atoms with van der Waals surface area (Å²) in [4.78, 5) is 23.0. The molecule has 0 bridgehead atoms. The first kappa shape index (κ1) is 19.0. The molecular formula is C21H32O3. The third-order valence-electron chi connectivity index (χ3n) is 5.07. The standard InChI is InChI=1S/C21H32O3/c1-5-6-9-16-12-14-17(15-13-16)20(22)24-23-19-11-8-7-10-18(19)21(2,3)4/h12-15,18-19H,5-11H2,1-4H3. The minimum absolute atomic E-state index is 0.00604. The van der Waals surface area contributed by atoms with Crippen molar-refractivity contribution in [1.29, 1.82) is 0 Å². The van der Waals surface area contributed by atoms with Crippen molar-refractivity contribution in [2.45, 2.75) is 78.7 Å². The summed E-state index contributed by atoms with van der Waals surface area (Å²) in [6, 6.07) is 7.67. The lowest BCUT2D eigenvalue weighted by Crippen LogP contribution is -2.37. The number of benzene rings is 1. The highest BCUT2D eigenvalue weighted by atomic mass is 17.2. The fraction of sp³-hybridized carbons (Fsp3) is 0.667. The van der Waals surface area contributed by atoms with E-state index >= 15 is 0 Å². The Morgan fingerprint density at radius 2 is 1.79 bits per heavy atom. The van der Waals surface area contributed by atoms with E-state index in [1.54, 1.807) is 0 Å². The number of carbonyl (C=O) groups excluding carboxylic acids is 1. The van der Waals surface area contributed by atoms with Crippen LogP contribution in [0.2, 0.25) is 0 Å². The molecule has 1 aliphatic carbocycles. The topological polar surface area (TPSA) is 35.5 Å². The van der Waals surface area contributed by atoms with Crippen molar-refractivity contribution in [2.75, 3.05) is 0 Å². The third-order valence-corrected chi connectivity index (χ3v) is 5.07. The maximum Gasteiger partial charge on any atom is 0.373 e. The molecule has 0 radical (unpaired) electrons. The Hall–Kier alpha value is -1.35. The molecule has 0 aliphatic heterocycles. The van der Waals surface area contributed by atoms with Crippen LogP contribution in [0.3, 0.4) is 0 Å². The molecule has 2 unspecified atom stereocenters. The molecule has 134 valence electrons. The molecule has 0 amide bonds. The van der Waals surface area contributed by atoms with Crippen LogP contribution in [0.5, 0.6) is 0 Å². The summed E-state index contributed by atoms with van der Waals surface area (Å²) in [5.41, 5.74) is 1.98. The van der Waals surface area contributed by atoms with Gasteiger partial charge in [-0.3, -0.25) is 4.89 Å². The lowest BCUT2D eigenvalue weighted by molar-refractivity contribution is -0.297. The highest BCUT2D eigenvalue weighted by Crippen LogP contribution is 2.39. The molecule has 1 fully saturated rings. The van der Waals surface area contributed by atoms with Crippen molar-refractivity contribution in [2.24, 2.45) is 11.3 Å². The van der Waals surface area contributed by atoms with E-state index in [1.165, 1.54) is 24.8 Å². The molecule has 1 aromatic carbocycles. The van der Waals surface area contributed by atoms with E-state index < -0.39 is 5.97 Å². The van der Waals surface area contributed by atoms with Crippen LogP contribution in [0.4, 0.5) is 0 Å². The SMILES string of the molecule is CCCCc1ccc(C(=O)OOC2CCCCC2C(C)(C)C)cc1. The van der Waals surface area contributed by atoms with E-state index in [0.29, 0.717) is 11.5 Å². The molecule has 3 nitrogen and oxygen atoms in total. The highest BCUT2D eigenvalue weighted by Gasteiger charge is 2.36. The third kappa shape index (κ3) is 5.34. The van der Waals surface area contributed by atoms with Gasteiger partial charge in [0.25, 0.3) is 0 Å². The van der Waals surface area contributed by atoms with Gasteiger partial charge in [0, 0.05) is 0 Å². The van der Waals surface area contributed by atoms with Crippen molar-refractivity contribution in [1.82, 2.24) is 0 Å². The van der Waals surface area contributed by atoms with E-state index in [4.69, 9.17) is 9.78 Å². The minimum Gasteiger partial charge on any atom is -0.293 e. The number of aryl methyl sites for hydroxylation is 1. The average Bonchev–Trinajstić information content (AvgIpc) is 2.57. The maximum absolute atomic E-state index is 12.2. The Morgan fingerprint density at radius 3 is 2.42 bits per heavy atom. The Balaban J connectivity index is 1.89. The lowest BCUT2D eigenvalue weighted by atomic mass is 9.71. The zero-order valence-electron chi connectivity index (χ0n) is 15.6. The molecule has 2 atom stereocenters. The van der Waals surface area contributed by atoms with Gasteiger partial charge >= 0.3 is 5.97 Å². The smallest absolute Gasteiger partial charge is 0.293 e. The second kappa shape index (κ2) is 8.66. The summed E-state index contributed by atoms with van der Waals surface area (Å²) in [5.74, 6) is 0.0331. The lowest BCUT2D eigenvalue weighted by Gasteiger charge is -2.38. The van der Waals surface area contributed by atoms with Gasteiger partial charge in [0.05, 0.1) is 5.56 Å². The molecule has 0 N–H and O–H groups in total. The van der Waals surface area contributed by atoms with E-state index in [-0.39, 0.29) is 11.5 Å². The zero-order valence-corrected chi connectivity index (χ0v) is 15.6. The summed E-state index contributed by atoms with van der Waals surface area (Å²) >= 11 is 0. The summed E-state index contributed by atoms with van der Waals surface area (Å²) in [5, 5.41) is 0. The van der Waals surface area contributed by atoms with Gasteiger partial charge in [-0.1, -0.05) is 59.1 Å². The van der Waals surface area contributed by atoms with Crippen LogP contribution in [0.25, 0.3) is 0 Å². The monoisotopic (exact) mass is 332 g/mol. The summed E-state index contributed by atoms with van der Waals surface area (Å²) in [6.07, 6.45) is 7.87. The molecule has 0 saturated heterocycles. The number of unbranched alkanes of at least 4 members (excludes halogenated alkanes) is 1. The van der Waals surface area contributed by atoms with E-state index in [9.17, 15) is 4.79 Å². The van der Waals surface area contributed by atoms with Gasteiger partial charge in [-0.25, -0.2) is 4.79 Å². The van der Waals surface area contributed by atoms with Gasteiger partial charge in [0.1, 0.15) is 6.10 Å². The number of hydrogen-bond donors (Lipinski definition) is 0. The van der Waals surface area contributed by atoms with E-state index in [1.807, 2.05) is 24.3 Å². The van der Waals surface area contributed by atoms with Gasteiger partial charge in [0.2, 0.25) is 0 Å². The van der Waals surface area contributed by atoms with Gasteiger partial charge in [0.15, 0.2) is 0 Å². The molecule has 0 heterocycles. The van der Waals surface area contributed by atoms with Gasteiger partial charge < -0.3 is 0 Å². The Morgan fingerprint density at radius 1 is 1.12 bits per heavy atom. The van der Waals surface area contributed by atoms with Crippen molar-refractivity contribution < 1.29 is 14.6 Å².